The highest BCUT2D eigenvalue weighted by Gasteiger charge is 2.10. The first kappa shape index (κ1) is 14.2. The Morgan fingerprint density at radius 2 is 1.89 bits per heavy atom. The highest BCUT2D eigenvalue weighted by Crippen LogP contribution is 2.24. The molecule has 0 saturated carbocycles. The predicted molar refractivity (Wildman–Crippen MR) is 80.9 cm³/mol. The van der Waals surface area contributed by atoms with Crippen LogP contribution in [0, 0.1) is 12.7 Å². The van der Waals surface area contributed by atoms with Crippen LogP contribution in [-0.4, -0.2) is 5.91 Å². The molecule has 2 aromatic carbocycles. The topological polar surface area (TPSA) is 29.1 Å². The Bertz CT molecular complexity index is 623. The van der Waals surface area contributed by atoms with Gasteiger partial charge in [0, 0.05) is 14.5 Å². The number of halogens is 3. The van der Waals surface area contributed by atoms with Gasteiger partial charge in [0.2, 0.25) is 0 Å². The van der Waals surface area contributed by atoms with Gasteiger partial charge in [-0.3, -0.25) is 4.79 Å². The summed E-state index contributed by atoms with van der Waals surface area (Å²) in [6.45, 7) is 1.93. The molecule has 5 heteroatoms. The Morgan fingerprint density at radius 3 is 2.58 bits per heavy atom. The van der Waals surface area contributed by atoms with Crippen molar-refractivity contribution >= 4 is 43.5 Å². The lowest BCUT2D eigenvalue weighted by Gasteiger charge is -2.09. The SMILES string of the molecule is Cc1ccc(Br)c(NC(=O)c2cc(F)cc(Br)c2)c1. The minimum atomic E-state index is -0.456. The van der Waals surface area contributed by atoms with Gasteiger partial charge in [0.15, 0.2) is 0 Å². The number of amides is 1. The highest BCUT2D eigenvalue weighted by atomic mass is 79.9. The number of hydrogen-bond acceptors (Lipinski definition) is 1. The van der Waals surface area contributed by atoms with Gasteiger partial charge in [0.25, 0.3) is 5.91 Å². The molecule has 0 aromatic heterocycles. The van der Waals surface area contributed by atoms with E-state index in [0.29, 0.717) is 10.2 Å². The molecule has 0 spiro atoms. The Morgan fingerprint density at radius 1 is 1.16 bits per heavy atom. The van der Waals surface area contributed by atoms with Gasteiger partial charge in [-0.15, -0.1) is 0 Å². The minimum Gasteiger partial charge on any atom is -0.321 e. The average molecular weight is 387 g/mol. The van der Waals surface area contributed by atoms with Crippen LogP contribution >= 0.6 is 31.9 Å². The van der Waals surface area contributed by atoms with Gasteiger partial charge < -0.3 is 5.32 Å². The van der Waals surface area contributed by atoms with Crippen LogP contribution in [0.25, 0.3) is 0 Å². The van der Waals surface area contributed by atoms with Crippen LogP contribution in [0.5, 0.6) is 0 Å². The summed E-state index contributed by atoms with van der Waals surface area (Å²) < 4.78 is 14.6. The van der Waals surface area contributed by atoms with Crippen LogP contribution in [0.1, 0.15) is 15.9 Å². The molecular formula is C14H10Br2FNO. The first-order valence-corrected chi connectivity index (χ1v) is 7.08. The lowest BCUT2D eigenvalue weighted by molar-refractivity contribution is 0.102. The number of rotatable bonds is 2. The van der Waals surface area contributed by atoms with Crippen LogP contribution in [0.2, 0.25) is 0 Å². The summed E-state index contributed by atoms with van der Waals surface area (Å²) in [7, 11) is 0. The fraction of sp³-hybridized carbons (Fsp3) is 0.0714. The number of benzene rings is 2. The van der Waals surface area contributed by atoms with E-state index in [1.165, 1.54) is 12.1 Å². The van der Waals surface area contributed by atoms with Gasteiger partial charge in [-0.05, 0) is 58.7 Å². The maximum absolute atomic E-state index is 13.3. The quantitative estimate of drug-likeness (QED) is 0.780. The molecule has 0 aliphatic rings. The Labute approximate surface area is 127 Å². The van der Waals surface area contributed by atoms with E-state index < -0.39 is 5.82 Å². The average Bonchev–Trinajstić information content (AvgIpc) is 2.32. The van der Waals surface area contributed by atoms with Crippen LogP contribution < -0.4 is 5.32 Å². The van der Waals surface area contributed by atoms with Crippen LogP contribution in [0.15, 0.2) is 45.3 Å². The molecule has 0 fully saturated rings. The molecule has 0 aliphatic carbocycles. The summed E-state index contributed by atoms with van der Waals surface area (Å²) in [4.78, 5) is 12.1. The lowest BCUT2D eigenvalue weighted by Crippen LogP contribution is -2.12. The maximum atomic E-state index is 13.3. The second kappa shape index (κ2) is 5.84. The van der Waals surface area contributed by atoms with Gasteiger partial charge in [0.05, 0.1) is 5.69 Å². The Kier molecular flexibility index (Phi) is 4.37. The number of hydrogen-bond donors (Lipinski definition) is 1. The van der Waals surface area contributed by atoms with Crippen molar-refractivity contribution in [1.82, 2.24) is 0 Å². The van der Waals surface area contributed by atoms with E-state index >= 15 is 0 Å². The van der Waals surface area contributed by atoms with Crippen LogP contribution in [0.3, 0.4) is 0 Å². The third-order valence-corrected chi connectivity index (χ3v) is 3.64. The minimum absolute atomic E-state index is 0.264. The number of nitrogens with one attached hydrogen (secondary N) is 1. The standard InChI is InChI=1S/C14H10Br2FNO/c1-8-2-3-12(16)13(4-8)18-14(19)9-5-10(15)7-11(17)6-9/h2-7H,1H3,(H,18,19). The fourth-order valence-corrected chi connectivity index (χ4v) is 2.43. The largest absolute Gasteiger partial charge is 0.321 e. The molecule has 19 heavy (non-hydrogen) atoms. The zero-order valence-electron chi connectivity index (χ0n) is 10.0. The zero-order valence-corrected chi connectivity index (χ0v) is 13.2. The van der Waals surface area contributed by atoms with Gasteiger partial charge in [-0.1, -0.05) is 22.0 Å². The summed E-state index contributed by atoms with van der Waals surface area (Å²) in [6, 6.07) is 9.70. The van der Waals surface area contributed by atoms with Gasteiger partial charge in [-0.25, -0.2) is 4.39 Å². The zero-order chi connectivity index (χ0) is 14.0. The smallest absolute Gasteiger partial charge is 0.255 e. The molecule has 1 N–H and O–H groups in total. The molecule has 0 aliphatic heterocycles. The summed E-state index contributed by atoms with van der Waals surface area (Å²) in [5, 5.41) is 2.75. The third kappa shape index (κ3) is 3.64. The van der Waals surface area contributed by atoms with Gasteiger partial charge in [-0.2, -0.15) is 0 Å². The second-order valence-corrected chi connectivity index (χ2v) is 5.87. The Hall–Kier alpha value is -1.20. The van der Waals surface area contributed by atoms with Crippen molar-refractivity contribution in [3.05, 3.63) is 62.3 Å². The molecule has 0 heterocycles. The molecule has 2 rings (SSSR count). The molecule has 98 valence electrons. The van der Waals surface area contributed by atoms with Gasteiger partial charge in [0.1, 0.15) is 5.82 Å². The molecule has 0 radical (unpaired) electrons. The van der Waals surface area contributed by atoms with Crippen molar-refractivity contribution in [2.45, 2.75) is 6.92 Å². The van der Waals surface area contributed by atoms with E-state index in [1.807, 2.05) is 25.1 Å². The molecule has 2 nitrogen and oxygen atoms in total. The second-order valence-electron chi connectivity index (χ2n) is 4.10. The molecule has 0 saturated heterocycles. The lowest BCUT2D eigenvalue weighted by atomic mass is 10.2. The molecule has 0 unspecified atom stereocenters. The van der Waals surface area contributed by atoms with Crippen LogP contribution in [0.4, 0.5) is 10.1 Å². The third-order valence-electron chi connectivity index (χ3n) is 2.49. The summed E-state index contributed by atoms with van der Waals surface area (Å²) in [5.74, 6) is -0.811. The first-order chi connectivity index (χ1) is 8.95. The van der Waals surface area contributed by atoms with E-state index in [-0.39, 0.29) is 11.5 Å². The van der Waals surface area contributed by atoms with Crippen molar-refractivity contribution in [3.63, 3.8) is 0 Å². The summed E-state index contributed by atoms with van der Waals surface area (Å²) >= 11 is 6.53. The van der Waals surface area contributed by atoms with Crippen molar-refractivity contribution in [2.75, 3.05) is 5.32 Å². The molecule has 0 atom stereocenters. The van der Waals surface area contributed by atoms with Gasteiger partial charge >= 0.3 is 0 Å². The van der Waals surface area contributed by atoms with E-state index in [4.69, 9.17) is 0 Å². The van der Waals surface area contributed by atoms with Crippen molar-refractivity contribution in [2.24, 2.45) is 0 Å². The first-order valence-electron chi connectivity index (χ1n) is 5.49. The Balaban J connectivity index is 2.28. The molecule has 2 aromatic rings. The van der Waals surface area contributed by atoms with Crippen molar-refractivity contribution in [1.29, 1.82) is 0 Å². The van der Waals surface area contributed by atoms with E-state index in [1.54, 1.807) is 6.07 Å². The number of aryl methyl sites for hydroxylation is 1. The number of carbonyl (C=O) groups is 1. The molecular weight excluding hydrogens is 377 g/mol. The highest BCUT2D eigenvalue weighted by molar-refractivity contribution is 9.10. The number of carbonyl (C=O) groups excluding carboxylic acids is 1. The maximum Gasteiger partial charge on any atom is 0.255 e. The molecule has 1 amide bonds. The predicted octanol–water partition coefficient (Wildman–Crippen LogP) is 4.91. The van der Waals surface area contributed by atoms with E-state index in [9.17, 15) is 9.18 Å². The van der Waals surface area contributed by atoms with Crippen molar-refractivity contribution in [3.8, 4) is 0 Å². The summed E-state index contributed by atoms with van der Waals surface area (Å²) in [5.41, 5.74) is 1.95. The van der Waals surface area contributed by atoms with E-state index in [0.717, 1.165) is 10.0 Å². The van der Waals surface area contributed by atoms with Crippen molar-refractivity contribution < 1.29 is 9.18 Å². The monoisotopic (exact) mass is 385 g/mol. The number of anilines is 1. The van der Waals surface area contributed by atoms with E-state index in [2.05, 4.69) is 37.2 Å². The summed E-state index contributed by atoms with van der Waals surface area (Å²) in [6.07, 6.45) is 0. The molecule has 0 bridgehead atoms. The van der Waals surface area contributed by atoms with Crippen LogP contribution in [-0.2, 0) is 0 Å². The fourth-order valence-electron chi connectivity index (χ4n) is 1.61. The normalized spacial score (nSPS) is 10.3.